The Balaban J connectivity index is 1.69. The van der Waals surface area contributed by atoms with E-state index in [1.807, 2.05) is 36.6 Å². The molecule has 4 aromatic rings. The van der Waals surface area contributed by atoms with Crippen molar-refractivity contribution < 1.29 is 9.21 Å². The molecule has 0 saturated heterocycles. The highest BCUT2D eigenvalue weighted by atomic mass is 32.1. The summed E-state index contributed by atoms with van der Waals surface area (Å²) < 4.78 is 5.21. The molecule has 0 bridgehead atoms. The summed E-state index contributed by atoms with van der Waals surface area (Å²) in [5, 5.41) is 9.33. The van der Waals surface area contributed by atoms with Crippen LogP contribution in [0, 0.1) is 6.92 Å². The Morgan fingerprint density at radius 3 is 2.81 bits per heavy atom. The molecule has 4 rings (SSSR count). The Hall–Kier alpha value is -2.90. The van der Waals surface area contributed by atoms with Crippen LogP contribution in [0.4, 0.5) is 10.8 Å². The lowest BCUT2D eigenvalue weighted by Crippen LogP contribution is -2.16. The number of amides is 1. The van der Waals surface area contributed by atoms with Crippen molar-refractivity contribution in [3.63, 3.8) is 0 Å². The lowest BCUT2D eigenvalue weighted by atomic mass is 10.1. The number of hydrogen-bond acceptors (Lipinski definition) is 6. The van der Waals surface area contributed by atoms with Gasteiger partial charge in [-0.3, -0.25) is 4.79 Å². The second-order valence-corrected chi connectivity index (χ2v) is 8.12. The average Bonchev–Trinajstić information content (AvgIpc) is 3.43. The summed E-state index contributed by atoms with van der Waals surface area (Å²) >= 11 is 3.21. The van der Waals surface area contributed by atoms with Gasteiger partial charge in [0, 0.05) is 21.5 Å². The van der Waals surface area contributed by atoms with Crippen LogP contribution in [0.5, 0.6) is 0 Å². The van der Waals surface area contributed by atoms with Crippen molar-refractivity contribution in [2.45, 2.75) is 13.0 Å². The van der Waals surface area contributed by atoms with Gasteiger partial charge in [-0.1, -0.05) is 12.1 Å². The normalized spacial score (nSPS) is 11.9. The van der Waals surface area contributed by atoms with Gasteiger partial charge < -0.3 is 15.1 Å². The summed E-state index contributed by atoms with van der Waals surface area (Å²) in [6.07, 6.45) is 3.25. The van der Waals surface area contributed by atoms with Crippen molar-refractivity contribution >= 4 is 39.4 Å². The summed E-state index contributed by atoms with van der Waals surface area (Å²) in [5.41, 5.74) is 1.01. The number of aryl methyl sites for hydroxylation is 1. The summed E-state index contributed by atoms with van der Waals surface area (Å²) in [5.74, 6) is 0.811. The fraction of sp³-hybridized carbons (Fsp3) is 0.100. The van der Waals surface area contributed by atoms with Gasteiger partial charge in [-0.25, -0.2) is 4.98 Å². The topological polar surface area (TPSA) is 67.2 Å². The van der Waals surface area contributed by atoms with Gasteiger partial charge in [-0.15, -0.1) is 22.7 Å². The quantitative estimate of drug-likeness (QED) is 0.448. The fourth-order valence-electron chi connectivity index (χ4n) is 2.77. The number of aromatic nitrogens is 1. The number of carbonyl (C=O) groups is 1. The van der Waals surface area contributed by atoms with Gasteiger partial charge in [-0.2, -0.15) is 0 Å². The molecule has 1 atom stereocenters. The van der Waals surface area contributed by atoms with Gasteiger partial charge in [0.2, 0.25) is 0 Å². The minimum absolute atomic E-state index is 0.114. The Bertz CT molecular complexity index is 1010. The van der Waals surface area contributed by atoms with Gasteiger partial charge in [0.1, 0.15) is 10.8 Å². The molecule has 0 spiro atoms. The largest absolute Gasteiger partial charge is 0.459 e. The van der Waals surface area contributed by atoms with Crippen LogP contribution in [-0.4, -0.2) is 10.9 Å². The minimum atomic E-state index is -0.258. The van der Waals surface area contributed by atoms with Crippen LogP contribution in [0.1, 0.15) is 31.9 Å². The lowest BCUT2D eigenvalue weighted by Gasteiger charge is -2.19. The van der Waals surface area contributed by atoms with E-state index in [1.54, 1.807) is 41.0 Å². The van der Waals surface area contributed by atoms with Crippen LogP contribution in [-0.2, 0) is 0 Å². The number of hydrogen-bond donors (Lipinski definition) is 2. The number of carbonyl (C=O) groups excluding carboxylic acids is 1. The second-order valence-electron chi connectivity index (χ2n) is 5.88. The Kier molecular flexibility index (Phi) is 5.04. The zero-order valence-electron chi connectivity index (χ0n) is 14.5. The molecular formula is C20H17N3O2S2. The van der Waals surface area contributed by atoms with E-state index in [9.17, 15) is 4.79 Å². The minimum Gasteiger partial charge on any atom is -0.459 e. The molecule has 0 aromatic carbocycles. The Labute approximate surface area is 164 Å². The van der Waals surface area contributed by atoms with Gasteiger partial charge in [-0.05, 0) is 48.7 Å². The van der Waals surface area contributed by atoms with Gasteiger partial charge >= 0.3 is 0 Å². The van der Waals surface area contributed by atoms with E-state index in [1.165, 1.54) is 6.26 Å². The zero-order chi connectivity index (χ0) is 18.6. The van der Waals surface area contributed by atoms with E-state index in [0.29, 0.717) is 0 Å². The van der Waals surface area contributed by atoms with Crippen LogP contribution in [0.15, 0.2) is 70.8 Å². The van der Waals surface area contributed by atoms with Gasteiger partial charge in [0.15, 0.2) is 5.76 Å². The maximum atomic E-state index is 12.5. The summed E-state index contributed by atoms with van der Waals surface area (Å²) in [6, 6.07) is 15.2. The molecule has 136 valence electrons. The van der Waals surface area contributed by atoms with Crippen molar-refractivity contribution in [1.29, 1.82) is 0 Å². The average molecular weight is 396 g/mol. The number of anilines is 2. The first-order valence-electron chi connectivity index (χ1n) is 8.37. The Morgan fingerprint density at radius 1 is 1.19 bits per heavy atom. The molecule has 1 amide bonds. The molecule has 0 radical (unpaired) electrons. The zero-order valence-corrected chi connectivity index (χ0v) is 16.1. The Morgan fingerprint density at radius 2 is 2.11 bits per heavy atom. The molecule has 0 fully saturated rings. The molecule has 4 aromatic heterocycles. The third kappa shape index (κ3) is 3.94. The van der Waals surface area contributed by atoms with Crippen molar-refractivity contribution in [1.82, 2.24) is 4.98 Å². The predicted octanol–water partition coefficient (Wildman–Crippen LogP) is 5.56. The smallest absolute Gasteiger partial charge is 0.291 e. The standard InChI is InChI=1S/C20H17N3O2S2/c1-13-12-14(20(27-13)23-19(24)15-6-4-10-25-15)18(16-7-5-11-26-16)22-17-8-2-3-9-21-17/h2-12,18H,1H3,(H,21,22)(H,23,24)/t18-/m0/s1. The van der Waals surface area contributed by atoms with Crippen molar-refractivity contribution in [3.8, 4) is 0 Å². The first-order valence-corrected chi connectivity index (χ1v) is 10.1. The number of thiophene rings is 2. The van der Waals surface area contributed by atoms with E-state index in [4.69, 9.17) is 4.42 Å². The van der Waals surface area contributed by atoms with E-state index in [0.717, 1.165) is 26.1 Å². The number of pyridine rings is 1. The van der Waals surface area contributed by atoms with Crippen LogP contribution in [0.2, 0.25) is 0 Å². The highest BCUT2D eigenvalue weighted by Crippen LogP contribution is 2.38. The van der Waals surface area contributed by atoms with Crippen molar-refractivity contribution in [2.75, 3.05) is 10.6 Å². The van der Waals surface area contributed by atoms with Gasteiger partial charge in [0.25, 0.3) is 5.91 Å². The van der Waals surface area contributed by atoms with E-state index in [-0.39, 0.29) is 17.7 Å². The third-order valence-electron chi connectivity index (χ3n) is 3.95. The number of rotatable bonds is 6. The summed E-state index contributed by atoms with van der Waals surface area (Å²) in [7, 11) is 0. The molecule has 0 aliphatic heterocycles. The predicted molar refractivity (Wildman–Crippen MR) is 110 cm³/mol. The van der Waals surface area contributed by atoms with Crippen molar-refractivity contribution in [3.05, 3.63) is 87.4 Å². The van der Waals surface area contributed by atoms with Crippen LogP contribution in [0.3, 0.4) is 0 Å². The van der Waals surface area contributed by atoms with E-state index >= 15 is 0 Å². The molecule has 2 N–H and O–H groups in total. The molecule has 27 heavy (non-hydrogen) atoms. The highest BCUT2D eigenvalue weighted by Gasteiger charge is 2.23. The molecule has 5 nitrogen and oxygen atoms in total. The highest BCUT2D eigenvalue weighted by molar-refractivity contribution is 7.16. The van der Waals surface area contributed by atoms with Crippen LogP contribution >= 0.6 is 22.7 Å². The first-order chi connectivity index (χ1) is 13.2. The number of nitrogens with zero attached hydrogens (tertiary/aromatic N) is 1. The second kappa shape index (κ2) is 7.77. The van der Waals surface area contributed by atoms with Crippen LogP contribution in [0.25, 0.3) is 0 Å². The molecule has 0 aliphatic carbocycles. The molecular weight excluding hydrogens is 378 g/mol. The van der Waals surface area contributed by atoms with E-state index < -0.39 is 0 Å². The van der Waals surface area contributed by atoms with Gasteiger partial charge in [0.05, 0.1) is 12.3 Å². The number of nitrogens with one attached hydrogen (secondary N) is 2. The molecule has 4 heterocycles. The maximum Gasteiger partial charge on any atom is 0.291 e. The molecule has 0 unspecified atom stereocenters. The monoisotopic (exact) mass is 395 g/mol. The fourth-order valence-corrected chi connectivity index (χ4v) is 4.51. The summed E-state index contributed by atoms with van der Waals surface area (Å²) in [4.78, 5) is 19.1. The lowest BCUT2D eigenvalue weighted by molar-refractivity contribution is 0.0997. The first kappa shape index (κ1) is 17.5. The molecule has 0 saturated carbocycles. The maximum absolute atomic E-state index is 12.5. The molecule has 0 aliphatic rings. The van der Waals surface area contributed by atoms with Crippen LogP contribution < -0.4 is 10.6 Å². The molecule has 7 heteroatoms. The summed E-state index contributed by atoms with van der Waals surface area (Å²) in [6.45, 7) is 2.03. The number of furan rings is 1. The van der Waals surface area contributed by atoms with E-state index in [2.05, 4.69) is 27.8 Å². The SMILES string of the molecule is Cc1cc([C@H](Nc2ccccn2)c2cccs2)c(NC(=O)c2ccco2)s1. The third-order valence-corrected chi connectivity index (χ3v) is 5.87. The van der Waals surface area contributed by atoms with Crippen molar-refractivity contribution in [2.24, 2.45) is 0 Å².